The van der Waals surface area contributed by atoms with Crippen LogP contribution in [0.2, 0.25) is 0 Å². The van der Waals surface area contributed by atoms with Crippen LogP contribution in [0, 0.1) is 5.41 Å². The van der Waals surface area contributed by atoms with E-state index in [1.165, 1.54) is 4.90 Å². The number of hydrogen-bond acceptors (Lipinski definition) is 5. The lowest BCUT2D eigenvalue weighted by atomic mass is 9.84. The molecule has 148 valence electrons. The quantitative estimate of drug-likeness (QED) is 0.668. The molecule has 2 atom stereocenters. The molecule has 0 spiro atoms. The first kappa shape index (κ1) is 18.6. The minimum atomic E-state index is -0.640. The van der Waals surface area contributed by atoms with Crippen LogP contribution in [-0.4, -0.2) is 47.2 Å². The van der Waals surface area contributed by atoms with E-state index in [1.54, 1.807) is 18.2 Å². The molecule has 1 aromatic rings. The lowest BCUT2D eigenvalue weighted by Crippen LogP contribution is -2.52. The van der Waals surface area contributed by atoms with Gasteiger partial charge in [-0.25, -0.2) is 0 Å². The van der Waals surface area contributed by atoms with Gasteiger partial charge in [0.15, 0.2) is 0 Å². The van der Waals surface area contributed by atoms with Crippen LogP contribution in [0.5, 0.6) is 0 Å². The van der Waals surface area contributed by atoms with E-state index in [0.29, 0.717) is 17.7 Å². The van der Waals surface area contributed by atoms with Crippen molar-refractivity contribution in [3.63, 3.8) is 0 Å². The fourth-order valence-corrected chi connectivity index (χ4v) is 4.27. The zero-order valence-corrected chi connectivity index (χ0v) is 16.0. The lowest BCUT2D eigenvalue weighted by Gasteiger charge is -2.29. The number of fused-ring (bicyclic) bond motifs is 1. The van der Waals surface area contributed by atoms with Gasteiger partial charge in [-0.1, -0.05) is 13.8 Å². The monoisotopic (exact) mass is 384 g/mol. The first-order chi connectivity index (χ1) is 13.3. The van der Waals surface area contributed by atoms with Crippen molar-refractivity contribution in [2.75, 3.05) is 11.9 Å². The van der Waals surface area contributed by atoms with Gasteiger partial charge in [-0.2, -0.15) is 0 Å². The molecule has 2 unspecified atom stereocenters. The summed E-state index contributed by atoms with van der Waals surface area (Å²) in [5.41, 5.74) is 1.82. The normalized spacial score (nSPS) is 26.2. The number of rotatable bonds is 3. The second kappa shape index (κ2) is 6.70. The molecule has 28 heavy (non-hydrogen) atoms. The molecule has 0 bridgehead atoms. The van der Waals surface area contributed by atoms with E-state index < -0.39 is 11.9 Å². The molecule has 2 fully saturated rings. The summed E-state index contributed by atoms with van der Waals surface area (Å²) in [5.74, 6) is -1.05. The van der Waals surface area contributed by atoms with Crippen molar-refractivity contribution in [2.24, 2.45) is 5.41 Å². The third-order valence-corrected chi connectivity index (χ3v) is 5.95. The largest absolute Gasteiger partial charge is 0.325 e. The van der Waals surface area contributed by atoms with Gasteiger partial charge in [-0.05, 0) is 48.6 Å². The van der Waals surface area contributed by atoms with E-state index in [2.05, 4.69) is 29.8 Å². The Hall–Kier alpha value is -2.74. The molecule has 4 rings (SSSR count). The molecule has 3 aliphatic rings. The Morgan fingerprint density at radius 3 is 2.71 bits per heavy atom. The van der Waals surface area contributed by atoms with Crippen molar-refractivity contribution in [1.29, 1.82) is 0 Å². The Balaban J connectivity index is 1.49. The summed E-state index contributed by atoms with van der Waals surface area (Å²) in [4.78, 5) is 50.3. The molecule has 8 heteroatoms. The van der Waals surface area contributed by atoms with Crippen LogP contribution in [0.15, 0.2) is 18.2 Å². The number of carbonyl (C=O) groups is 4. The number of nitrogens with zero attached hydrogens (tertiary/aromatic N) is 1. The number of amides is 4. The lowest BCUT2D eigenvalue weighted by molar-refractivity contribution is -0.137. The summed E-state index contributed by atoms with van der Waals surface area (Å²) in [7, 11) is 0. The van der Waals surface area contributed by atoms with Crippen LogP contribution in [0.25, 0.3) is 0 Å². The number of imide groups is 1. The van der Waals surface area contributed by atoms with Gasteiger partial charge in [0.25, 0.3) is 5.91 Å². The predicted molar refractivity (Wildman–Crippen MR) is 101 cm³/mol. The maximum atomic E-state index is 12.7. The summed E-state index contributed by atoms with van der Waals surface area (Å²) >= 11 is 0. The summed E-state index contributed by atoms with van der Waals surface area (Å²) in [6.45, 7) is 5.23. The predicted octanol–water partition coefficient (Wildman–Crippen LogP) is 0.774. The third kappa shape index (κ3) is 3.17. The second-order valence-electron chi connectivity index (χ2n) is 8.39. The van der Waals surface area contributed by atoms with Crippen molar-refractivity contribution < 1.29 is 19.2 Å². The summed E-state index contributed by atoms with van der Waals surface area (Å²) in [6.07, 6.45) is 1.49. The van der Waals surface area contributed by atoms with Gasteiger partial charge in [0.1, 0.15) is 6.04 Å². The molecule has 8 nitrogen and oxygen atoms in total. The highest BCUT2D eigenvalue weighted by Crippen LogP contribution is 2.32. The number of nitrogens with one attached hydrogen (secondary N) is 3. The average molecular weight is 384 g/mol. The fraction of sp³-hybridized carbons (Fsp3) is 0.500. The van der Waals surface area contributed by atoms with Crippen LogP contribution in [-0.2, 0) is 20.9 Å². The van der Waals surface area contributed by atoms with Crippen molar-refractivity contribution >= 4 is 29.3 Å². The molecule has 2 saturated heterocycles. The number of anilines is 1. The number of piperidine rings is 1. The standard InChI is InChI=1S/C20H24N4O4/c1-20(2)7-8-21-16(20)18(27)22-12-3-4-13-11(9-12)10-24(19(13)28)14-5-6-15(25)23-17(14)26/h3-4,9,14,16,21H,5-8,10H2,1-2H3,(H,22,27)(H,23,25,26). The molecule has 3 aliphatic heterocycles. The summed E-state index contributed by atoms with van der Waals surface area (Å²) in [6, 6.07) is 4.29. The van der Waals surface area contributed by atoms with Crippen molar-refractivity contribution in [2.45, 2.75) is 51.7 Å². The third-order valence-electron chi connectivity index (χ3n) is 5.95. The number of benzene rings is 1. The minimum absolute atomic E-state index is 0.0891. The maximum absolute atomic E-state index is 12.7. The van der Waals surface area contributed by atoms with Gasteiger partial charge in [-0.3, -0.25) is 24.5 Å². The maximum Gasteiger partial charge on any atom is 0.255 e. The Morgan fingerprint density at radius 1 is 1.25 bits per heavy atom. The average Bonchev–Trinajstić information content (AvgIpc) is 3.14. The molecule has 3 N–H and O–H groups in total. The molecule has 4 amide bonds. The van der Waals surface area contributed by atoms with Crippen LogP contribution in [0.1, 0.15) is 49.0 Å². The molecule has 0 aliphatic carbocycles. The van der Waals surface area contributed by atoms with Gasteiger partial charge in [0.2, 0.25) is 17.7 Å². The van der Waals surface area contributed by atoms with Crippen LogP contribution < -0.4 is 16.0 Å². The first-order valence-electron chi connectivity index (χ1n) is 9.58. The highest BCUT2D eigenvalue weighted by atomic mass is 16.2. The zero-order chi connectivity index (χ0) is 20.1. The topological polar surface area (TPSA) is 108 Å². The zero-order valence-electron chi connectivity index (χ0n) is 16.0. The smallest absolute Gasteiger partial charge is 0.255 e. The fourth-order valence-electron chi connectivity index (χ4n) is 4.27. The molecular formula is C20H24N4O4. The minimum Gasteiger partial charge on any atom is -0.325 e. The highest BCUT2D eigenvalue weighted by molar-refractivity contribution is 6.06. The van der Waals surface area contributed by atoms with Gasteiger partial charge in [0, 0.05) is 24.2 Å². The van der Waals surface area contributed by atoms with E-state index in [9.17, 15) is 19.2 Å². The summed E-state index contributed by atoms with van der Waals surface area (Å²) < 4.78 is 0. The van der Waals surface area contributed by atoms with E-state index in [1.807, 2.05) is 0 Å². The number of hydrogen-bond donors (Lipinski definition) is 3. The van der Waals surface area contributed by atoms with Gasteiger partial charge in [-0.15, -0.1) is 0 Å². The first-order valence-corrected chi connectivity index (χ1v) is 9.58. The van der Waals surface area contributed by atoms with Gasteiger partial charge >= 0.3 is 0 Å². The molecule has 3 heterocycles. The Kier molecular flexibility index (Phi) is 4.45. The van der Waals surface area contributed by atoms with E-state index >= 15 is 0 Å². The van der Waals surface area contributed by atoms with Crippen molar-refractivity contribution in [3.05, 3.63) is 29.3 Å². The van der Waals surface area contributed by atoms with Gasteiger partial charge in [0.05, 0.1) is 6.04 Å². The second-order valence-corrected chi connectivity index (χ2v) is 8.39. The molecule has 0 radical (unpaired) electrons. The highest BCUT2D eigenvalue weighted by Gasteiger charge is 2.40. The summed E-state index contributed by atoms with van der Waals surface area (Å²) in [5, 5.41) is 8.47. The Bertz CT molecular complexity index is 879. The molecular weight excluding hydrogens is 360 g/mol. The van der Waals surface area contributed by atoms with E-state index in [4.69, 9.17) is 0 Å². The number of carbonyl (C=O) groups excluding carboxylic acids is 4. The Morgan fingerprint density at radius 2 is 2.04 bits per heavy atom. The van der Waals surface area contributed by atoms with Crippen LogP contribution >= 0.6 is 0 Å². The van der Waals surface area contributed by atoms with Crippen molar-refractivity contribution in [1.82, 2.24) is 15.5 Å². The Labute approximate surface area is 163 Å². The SMILES string of the molecule is CC1(C)CCNC1C(=O)Nc1ccc2c(c1)CN(C1CCC(=O)NC1=O)C2=O. The van der Waals surface area contributed by atoms with Gasteiger partial charge < -0.3 is 15.5 Å². The van der Waals surface area contributed by atoms with Crippen molar-refractivity contribution in [3.8, 4) is 0 Å². The van der Waals surface area contributed by atoms with E-state index in [0.717, 1.165) is 18.5 Å². The molecule has 0 saturated carbocycles. The molecule has 0 aromatic heterocycles. The molecule has 1 aromatic carbocycles. The van der Waals surface area contributed by atoms with Crippen LogP contribution in [0.4, 0.5) is 5.69 Å². The van der Waals surface area contributed by atoms with Crippen LogP contribution in [0.3, 0.4) is 0 Å². The van der Waals surface area contributed by atoms with E-state index in [-0.39, 0.29) is 42.1 Å².